The van der Waals surface area contributed by atoms with Crippen LogP contribution in [0.2, 0.25) is 0 Å². The average molecular weight is 273 g/mol. The van der Waals surface area contributed by atoms with Gasteiger partial charge in [0.25, 0.3) is 0 Å². The third kappa shape index (κ3) is 2.72. The van der Waals surface area contributed by atoms with Crippen molar-refractivity contribution < 1.29 is 4.79 Å². The minimum Gasteiger partial charge on any atom is -0.326 e. The molecule has 0 radical (unpaired) electrons. The number of rotatable bonds is 3. The molecular formula is C16H23N3O. The molecular weight excluding hydrogens is 250 g/mol. The van der Waals surface area contributed by atoms with Gasteiger partial charge in [-0.25, -0.2) is 0 Å². The minimum atomic E-state index is 0.110. The molecule has 1 amide bonds. The van der Waals surface area contributed by atoms with Crippen LogP contribution in [0.4, 0.5) is 5.69 Å². The van der Waals surface area contributed by atoms with Crippen molar-refractivity contribution in [3.63, 3.8) is 0 Å². The Morgan fingerprint density at radius 2 is 2.00 bits per heavy atom. The molecule has 0 aromatic heterocycles. The normalized spacial score (nSPS) is 19.8. The van der Waals surface area contributed by atoms with Gasteiger partial charge in [-0.05, 0) is 37.5 Å². The lowest BCUT2D eigenvalue weighted by Crippen LogP contribution is -2.54. The molecule has 108 valence electrons. The molecule has 0 spiro atoms. The highest BCUT2D eigenvalue weighted by molar-refractivity contribution is 5.99. The Kier molecular flexibility index (Phi) is 3.52. The molecule has 1 fully saturated rings. The van der Waals surface area contributed by atoms with E-state index in [-0.39, 0.29) is 11.4 Å². The molecule has 4 heteroatoms. The summed E-state index contributed by atoms with van der Waals surface area (Å²) in [5.41, 5.74) is 3.61. The Morgan fingerprint density at radius 1 is 1.25 bits per heavy atom. The highest BCUT2D eigenvalue weighted by atomic mass is 16.1. The lowest BCUT2D eigenvalue weighted by Gasteiger charge is -2.41. The molecule has 2 N–H and O–H groups in total. The SMILES string of the molecule is CC(C)(Cc1ccc2c(c1)CC(=O)N2)N1CCNCC1. The smallest absolute Gasteiger partial charge is 0.228 e. The van der Waals surface area contributed by atoms with E-state index in [1.807, 2.05) is 6.07 Å². The predicted octanol–water partition coefficient (Wildman–Crippen LogP) is 1.41. The number of anilines is 1. The van der Waals surface area contributed by atoms with E-state index in [1.165, 1.54) is 5.56 Å². The summed E-state index contributed by atoms with van der Waals surface area (Å²) in [4.78, 5) is 14.0. The number of amides is 1. The number of carbonyl (C=O) groups excluding carboxylic acids is 1. The van der Waals surface area contributed by atoms with Crippen LogP contribution in [0, 0.1) is 0 Å². The van der Waals surface area contributed by atoms with Gasteiger partial charge in [-0.2, -0.15) is 0 Å². The molecule has 2 heterocycles. The van der Waals surface area contributed by atoms with Crippen molar-refractivity contribution >= 4 is 11.6 Å². The number of nitrogens with one attached hydrogen (secondary N) is 2. The fraction of sp³-hybridized carbons (Fsp3) is 0.562. The fourth-order valence-corrected chi connectivity index (χ4v) is 3.27. The number of nitrogens with zero attached hydrogens (tertiary/aromatic N) is 1. The minimum absolute atomic E-state index is 0.110. The van der Waals surface area contributed by atoms with Crippen LogP contribution in [-0.4, -0.2) is 42.5 Å². The van der Waals surface area contributed by atoms with Crippen molar-refractivity contribution in [2.75, 3.05) is 31.5 Å². The maximum Gasteiger partial charge on any atom is 0.228 e. The van der Waals surface area contributed by atoms with E-state index in [1.54, 1.807) is 0 Å². The van der Waals surface area contributed by atoms with Crippen molar-refractivity contribution in [1.82, 2.24) is 10.2 Å². The quantitative estimate of drug-likeness (QED) is 0.875. The Morgan fingerprint density at radius 3 is 2.75 bits per heavy atom. The molecule has 3 rings (SSSR count). The summed E-state index contributed by atoms with van der Waals surface area (Å²) in [5, 5.41) is 6.30. The van der Waals surface area contributed by atoms with Gasteiger partial charge in [-0.3, -0.25) is 9.69 Å². The van der Waals surface area contributed by atoms with E-state index in [0.29, 0.717) is 6.42 Å². The molecule has 20 heavy (non-hydrogen) atoms. The lowest BCUT2D eigenvalue weighted by atomic mass is 9.91. The van der Waals surface area contributed by atoms with E-state index >= 15 is 0 Å². The molecule has 0 atom stereocenters. The largest absolute Gasteiger partial charge is 0.326 e. The van der Waals surface area contributed by atoms with Crippen LogP contribution in [0.5, 0.6) is 0 Å². The summed E-state index contributed by atoms with van der Waals surface area (Å²) >= 11 is 0. The summed E-state index contributed by atoms with van der Waals surface area (Å²) < 4.78 is 0. The van der Waals surface area contributed by atoms with Crippen LogP contribution in [0.3, 0.4) is 0 Å². The number of benzene rings is 1. The summed E-state index contributed by atoms with van der Waals surface area (Å²) in [7, 11) is 0. The zero-order valence-electron chi connectivity index (χ0n) is 12.3. The van der Waals surface area contributed by atoms with Gasteiger partial charge in [0.15, 0.2) is 0 Å². The van der Waals surface area contributed by atoms with E-state index < -0.39 is 0 Å². The molecule has 0 unspecified atom stereocenters. The van der Waals surface area contributed by atoms with Gasteiger partial charge in [-0.1, -0.05) is 12.1 Å². The summed E-state index contributed by atoms with van der Waals surface area (Å²) in [6.45, 7) is 9.00. The van der Waals surface area contributed by atoms with Crippen LogP contribution >= 0.6 is 0 Å². The van der Waals surface area contributed by atoms with Gasteiger partial charge in [0, 0.05) is 37.4 Å². The van der Waals surface area contributed by atoms with Gasteiger partial charge in [0.1, 0.15) is 0 Å². The van der Waals surface area contributed by atoms with Crippen LogP contribution in [0.25, 0.3) is 0 Å². The van der Waals surface area contributed by atoms with Crippen molar-refractivity contribution in [3.8, 4) is 0 Å². The fourth-order valence-electron chi connectivity index (χ4n) is 3.27. The van der Waals surface area contributed by atoms with Crippen LogP contribution in [0.15, 0.2) is 18.2 Å². The third-order valence-corrected chi connectivity index (χ3v) is 4.40. The number of fused-ring (bicyclic) bond motifs is 1. The summed E-state index contributed by atoms with van der Waals surface area (Å²) in [5.74, 6) is 0.110. The molecule has 0 aliphatic carbocycles. The van der Waals surface area contributed by atoms with Gasteiger partial charge >= 0.3 is 0 Å². The first-order valence-corrected chi connectivity index (χ1v) is 7.42. The second kappa shape index (κ2) is 5.19. The molecule has 0 bridgehead atoms. The molecule has 1 aromatic rings. The Balaban J connectivity index is 1.74. The molecule has 2 aliphatic heterocycles. The van der Waals surface area contributed by atoms with Crippen LogP contribution in [0.1, 0.15) is 25.0 Å². The average Bonchev–Trinajstić information content (AvgIpc) is 2.79. The Hall–Kier alpha value is -1.39. The first kappa shape index (κ1) is 13.6. The van der Waals surface area contributed by atoms with E-state index in [4.69, 9.17) is 0 Å². The number of carbonyl (C=O) groups is 1. The zero-order valence-corrected chi connectivity index (χ0v) is 12.3. The second-order valence-corrected chi connectivity index (χ2v) is 6.44. The highest BCUT2D eigenvalue weighted by Gasteiger charge is 2.28. The second-order valence-electron chi connectivity index (χ2n) is 6.44. The van der Waals surface area contributed by atoms with Gasteiger partial charge in [-0.15, -0.1) is 0 Å². The van der Waals surface area contributed by atoms with E-state index in [2.05, 4.69) is 41.5 Å². The standard InChI is InChI=1S/C16H23N3O/c1-16(2,19-7-5-17-6-8-19)11-12-3-4-14-13(9-12)10-15(20)18-14/h3-4,9,17H,5-8,10-11H2,1-2H3,(H,18,20). The van der Waals surface area contributed by atoms with Gasteiger partial charge in [0.05, 0.1) is 6.42 Å². The molecule has 2 aliphatic rings. The van der Waals surface area contributed by atoms with Crippen molar-refractivity contribution in [2.24, 2.45) is 0 Å². The Bertz CT molecular complexity index is 518. The Labute approximate surface area is 120 Å². The van der Waals surface area contributed by atoms with Crippen molar-refractivity contribution in [2.45, 2.75) is 32.2 Å². The first-order valence-electron chi connectivity index (χ1n) is 7.42. The number of hydrogen-bond acceptors (Lipinski definition) is 3. The maximum atomic E-state index is 11.4. The number of piperazine rings is 1. The maximum absolute atomic E-state index is 11.4. The van der Waals surface area contributed by atoms with Gasteiger partial charge in [0.2, 0.25) is 5.91 Å². The molecule has 4 nitrogen and oxygen atoms in total. The molecule has 1 aromatic carbocycles. The summed E-state index contributed by atoms with van der Waals surface area (Å²) in [6, 6.07) is 6.38. The first-order chi connectivity index (χ1) is 9.54. The third-order valence-electron chi connectivity index (χ3n) is 4.40. The van der Waals surface area contributed by atoms with Crippen LogP contribution < -0.4 is 10.6 Å². The molecule has 0 saturated carbocycles. The van der Waals surface area contributed by atoms with E-state index in [9.17, 15) is 4.79 Å². The molecule has 1 saturated heterocycles. The van der Waals surface area contributed by atoms with Crippen LogP contribution in [-0.2, 0) is 17.6 Å². The van der Waals surface area contributed by atoms with Crippen molar-refractivity contribution in [1.29, 1.82) is 0 Å². The monoisotopic (exact) mass is 273 g/mol. The zero-order chi connectivity index (χ0) is 14.2. The topological polar surface area (TPSA) is 44.4 Å². The summed E-state index contributed by atoms with van der Waals surface area (Å²) in [6.07, 6.45) is 1.55. The lowest BCUT2D eigenvalue weighted by molar-refractivity contribution is -0.115. The van der Waals surface area contributed by atoms with Crippen molar-refractivity contribution in [3.05, 3.63) is 29.3 Å². The highest BCUT2D eigenvalue weighted by Crippen LogP contribution is 2.27. The van der Waals surface area contributed by atoms with E-state index in [0.717, 1.165) is 43.9 Å². The van der Waals surface area contributed by atoms with Gasteiger partial charge < -0.3 is 10.6 Å². The number of hydrogen-bond donors (Lipinski definition) is 2. The predicted molar refractivity (Wildman–Crippen MR) is 81.0 cm³/mol.